The highest BCUT2D eigenvalue weighted by Crippen LogP contribution is 2.20. The van der Waals surface area contributed by atoms with Gasteiger partial charge in [0.2, 0.25) is 5.16 Å². The lowest BCUT2D eigenvalue weighted by molar-refractivity contribution is 0.00540. The number of carbonyl (C=O) groups excluding carboxylic acids is 1. The van der Waals surface area contributed by atoms with Gasteiger partial charge in [-0.15, -0.1) is 5.10 Å². The van der Waals surface area contributed by atoms with Crippen molar-refractivity contribution in [1.82, 2.24) is 25.1 Å². The molecule has 0 aliphatic carbocycles. The van der Waals surface area contributed by atoms with Crippen LogP contribution in [0.15, 0.2) is 59.8 Å². The van der Waals surface area contributed by atoms with E-state index in [1.54, 1.807) is 4.68 Å². The van der Waals surface area contributed by atoms with E-state index in [0.717, 1.165) is 18.5 Å². The van der Waals surface area contributed by atoms with E-state index in [9.17, 15) is 4.79 Å². The molecule has 0 radical (unpaired) electrons. The van der Waals surface area contributed by atoms with Gasteiger partial charge in [0.25, 0.3) is 0 Å². The maximum atomic E-state index is 12.7. The molecular formula is C21H24N6O2S. The van der Waals surface area contributed by atoms with Gasteiger partial charge in [-0.3, -0.25) is 0 Å². The first-order valence-corrected chi connectivity index (χ1v) is 11.1. The van der Waals surface area contributed by atoms with Crippen LogP contribution in [0.5, 0.6) is 0 Å². The van der Waals surface area contributed by atoms with Crippen LogP contribution in [0.2, 0.25) is 0 Å². The Bertz CT molecular complexity index is 972. The number of piperidine rings is 1. The Morgan fingerprint density at radius 1 is 1.17 bits per heavy atom. The van der Waals surface area contributed by atoms with Crippen molar-refractivity contribution >= 4 is 23.5 Å². The standard InChI is InChI=1S/C21H24N6O2S/c1-30-21-23-24-25-27(21)18-9-5-8-17(14-18)22-20(28)26-12-10-19(11-13-26)29-15-16-6-3-2-4-7-16/h2-9,14,19H,10-13,15H2,1H3,(H,22,28). The lowest BCUT2D eigenvalue weighted by atomic mass is 10.1. The molecule has 0 bridgehead atoms. The Morgan fingerprint density at radius 2 is 1.97 bits per heavy atom. The van der Waals surface area contributed by atoms with Crippen LogP contribution in [-0.4, -0.2) is 56.6 Å². The molecule has 1 aliphatic rings. The van der Waals surface area contributed by atoms with Crippen LogP contribution >= 0.6 is 11.8 Å². The Labute approximate surface area is 179 Å². The summed E-state index contributed by atoms with van der Waals surface area (Å²) in [7, 11) is 0. The average molecular weight is 425 g/mol. The summed E-state index contributed by atoms with van der Waals surface area (Å²) in [6.45, 7) is 1.96. The normalized spacial score (nSPS) is 14.6. The summed E-state index contributed by atoms with van der Waals surface area (Å²) >= 11 is 1.46. The highest BCUT2D eigenvalue weighted by atomic mass is 32.2. The monoisotopic (exact) mass is 424 g/mol. The Kier molecular flexibility index (Phi) is 6.60. The molecule has 0 saturated carbocycles. The molecule has 0 unspecified atom stereocenters. The van der Waals surface area contributed by atoms with Gasteiger partial charge < -0.3 is 15.0 Å². The number of tetrazole rings is 1. The maximum absolute atomic E-state index is 12.7. The SMILES string of the molecule is CSc1nnnn1-c1cccc(NC(=O)N2CCC(OCc3ccccc3)CC2)c1. The third kappa shape index (κ3) is 4.98. The minimum atomic E-state index is -0.101. The number of nitrogens with zero attached hydrogens (tertiary/aromatic N) is 5. The van der Waals surface area contributed by atoms with Crippen molar-refractivity contribution in [3.63, 3.8) is 0 Å². The van der Waals surface area contributed by atoms with Crippen molar-refractivity contribution in [1.29, 1.82) is 0 Å². The molecule has 2 aromatic carbocycles. The van der Waals surface area contributed by atoms with Crippen molar-refractivity contribution in [2.45, 2.75) is 30.7 Å². The van der Waals surface area contributed by atoms with Crippen LogP contribution in [0.1, 0.15) is 18.4 Å². The largest absolute Gasteiger partial charge is 0.373 e. The van der Waals surface area contributed by atoms with Gasteiger partial charge >= 0.3 is 6.03 Å². The third-order valence-electron chi connectivity index (χ3n) is 5.02. The predicted molar refractivity (Wildman–Crippen MR) is 116 cm³/mol. The highest BCUT2D eigenvalue weighted by molar-refractivity contribution is 7.98. The molecule has 1 aromatic heterocycles. The molecule has 2 amide bonds. The summed E-state index contributed by atoms with van der Waals surface area (Å²) in [6, 6.07) is 17.6. The van der Waals surface area contributed by atoms with Crippen LogP contribution in [-0.2, 0) is 11.3 Å². The van der Waals surface area contributed by atoms with E-state index in [1.165, 1.54) is 17.3 Å². The van der Waals surface area contributed by atoms with Crippen LogP contribution in [0, 0.1) is 0 Å². The van der Waals surface area contributed by atoms with E-state index in [2.05, 4.69) is 33.0 Å². The summed E-state index contributed by atoms with van der Waals surface area (Å²) in [4.78, 5) is 14.5. The molecule has 30 heavy (non-hydrogen) atoms. The number of anilines is 1. The molecule has 0 atom stereocenters. The number of amides is 2. The molecule has 156 valence electrons. The van der Waals surface area contributed by atoms with E-state index in [-0.39, 0.29) is 12.1 Å². The molecule has 3 aromatic rings. The number of nitrogens with one attached hydrogen (secondary N) is 1. The molecule has 1 fully saturated rings. The molecule has 1 N–H and O–H groups in total. The van der Waals surface area contributed by atoms with Crippen molar-refractivity contribution in [3.05, 3.63) is 60.2 Å². The van der Waals surface area contributed by atoms with Gasteiger partial charge in [0.15, 0.2) is 0 Å². The number of benzene rings is 2. The number of urea groups is 1. The second-order valence-corrected chi connectivity index (χ2v) is 7.81. The van der Waals surface area contributed by atoms with Gasteiger partial charge in [0.05, 0.1) is 18.4 Å². The van der Waals surface area contributed by atoms with Gasteiger partial charge in [-0.2, -0.15) is 4.68 Å². The highest BCUT2D eigenvalue weighted by Gasteiger charge is 2.23. The van der Waals surface area contributed by atoms with Crippen molar-refractivity contribution in [3.8, 4) is 5.69 Å². The van der Waals surface area contributed by atoms with Gasteiger partial charge in [-0.1, -0.05) is 48.2 Å². The molecule has 1 saturated heterocycles. The van der Waals surface area contributed by atoms with Crippen LogP contribution in [0.3, 0.4) is 0 Å². The lowest BCUT2D eigenvalue weighted by Gasteiger charge is -2.32. The third-order valence-corrected chi connectivity index (χ3v) is 5.64. The molecule has 4 rings (SSSR count). The number of likely N-dealkylation sites (tertiary alicyclic amines) is 1. The second kappa shape index (κ2) is 9.73. The van der Waals surface area contributed by atoms with E-state index in [1.807, 2.05) is 53.6 Å². The fourth-order valence-corrected chi connectivity index (χ4v) is 3.83. The smallest absolute Gasteiger partial charge is 0.321 e. The first kappa shape index (κ1) is 20.4. The molecule has 2 heterocycles. The first-order chi connectivity index (χ1) is 14.7. The number of rotatable bonds is 6. The van der Waals surface area contributed by atoms with Crippen molar-refractivity contribution in [2.75, 3.05) is 24.7 Å². The summed E-state index contributed by atoms with van der Waals surface area (Å²) in [5, 5.41) is 15.4. The molecule has 9 heteroatoms. The fourth-order valence-electron chi connectivity index (χ4n) is 3.40. The van der Waals surface area contributed by atoms with Gasteiger partial charge in [0.1, 0.15) is 0 Å². The number of ether oxygens (including phenoxy) is 1. The molecule has 8 nitrogen and oxygen atoms in total. The number of carbonyl (C=O) groups is 1. The Balaban J connectivity index is 1.29. The molecular weight excluding hydrogens is 400 g/mol. The predicted octanol–water partition coefficient (Wildman–Crippen LogP) is 3.60. The number of thioether (sulfide) groups is 1. The van der Waals surface area contributed by atoms with Crippen molar-refractivity contribution < 1.29 is 9.53 Å². The fraction of sp³-hybridized carbons (Fsp3) is 0.333. The zero-order valence-electron chi connectivity index (χ0n) is 16.8. The van der Waals surface area contributed by atoms with Gasteiger partial charge in [-0.25, -0.2) is 4.79 Å². The minimum Gasteiger partial charge on any atom is -0.373 e. The topological polar surface area (TPSA) is 85.2 Å². The maximum Gasteiger partial charge on any atom is 0.321 e. The van der Waals surface area contributed by atoms with E-state index in [0.29, 0.717) is 30.5 Å². The minimum absolute atomic E-state index is 0.101. The second-order valence-electron chi connectivity index (χ2n) is 7.04. The zero-order chi connectivity index (χ0) is 20.8. The Hall–Kier alpha value is -2.91. The zero-order valence-corrected chi connectivity index (χ0v) is 17.6. The first-order valence-electron chi connectivity index (χ1n) is 9.87. The van der Waals surface area contributed by atoms with Crippen molar-refractivity contribution in [2.24, 2.45) is 0 Å². The number of hydrogen-bond donors (Lipinski definition) is 1. The summed E-state index contributed by atoms with van der Waals surface area (Å²) < 4.78 is 7.66. The quantitative estimate of drug-likeness (QED) is 0.609. The molecule has 0 spiro atoms. The van der Waals surface area contributed by atoms with Crippen LogP contribution in [0.25, 0.3) is 5.69 Å². The van der Waals surface area contributed by atoms with Gasteiger partial charge in [-0.05, 0) is 53.3 Å². The van der Waals surface area contributed by atoms with E-state index >= 15 is 0 Å². The van der Waals surface area contributed by atoms with Gasteiger partial charge in [0, 0.05) is 18.8 Å². The summed E-state index contributed by atoms with van der Waals surface area (Å²) in [5.41, 5.74) is 2.68. The number of hydrogen-bond acceptors (Lipinski definition) is 6. The van der Waals surface area contributed by atoms with E-state index in [4.69, 9.17) is 4.74 Å². The van der Waals surface area contributed by atoms with Crippen LogP contribution in [0.4, 0.5) is 10.5 Å². The van der Waals surface area contributed by atoms with Crippen LogP contribution < -0.4 is 5.32 Å². The number of aromatic nitrogens is 4. The Morgan fingerprint density at radius 3 is 2.73 bits per heavy atom. The summed E-state index contributed by atoms with van der Waals surface area (Å²) in [6.07, 6.45) is 3.77. The lowest BCUT2D eigenvalue weighted by Crippen LogP contribution is -2.43. The average Bonchev–Trinajstić information content (AvgIpc) is 3.28. The summed E-state index contributed by atoms with van der Waals surface area (Å²) in [5.74, 6) is 0. The van der Waals surface area contributed by atoms with E-state index < -0.39 is 0 Å². The molecule has 1 aliphatic heterocycles.